The molecule has 2 heterocycles. The smallest absolute Gasteiger partial charge is 0.243 e. The molecule has 3 rings (SSSR count). The van der Waals surface area contributed by atoms with Crippen LogP contribution in [0.25, 0.3) is 11.3 Å². The van der Waals surface area contributed by atoms with E-state index in [1.807, 2.05) is 48.5 Å². The summed E-state index contributed by atoms with van der Waals surface area (Å²) < 4.78 is 5.45. The van der Waals surface area contributed by atoms with Crippen LogP contribution < -0.4 is 5.32 Å². The van der Waals surface area contributed by atoms with Crippen LogP contribution >= 0.6 is 0 Å². The number of H-pyrrole nitrogens is 1. The molecule has 1 atom stereocenters. The number of nitrogens with one attached hydrogen (secondary N) is 2. The number of hydrogen-bond acceptors (Lipinski definition) is 4. The van der Waals surface area contributed by atoms with Crippen molar-refractivity contribution in [2.75, 3.05) is 47.4 Å². The molecule has 1 aliphatic rings. The van der Waals surface area contributed by atoms with E-state index < -0.39 is 0 Å². The molecule has 156 valence electrons. The maximum atomic E-state index is 12.0. The van der Waals surface area contributed by atoms with Crippen LogP contribution in [0.5, 0.6) is 0 Å². The van der Waals surface area contributed by atoms with Gasteiger partial charge in [0.2, 0.25) is 5.91 Å². The van der Waals surface area contributed by atoms with E-state index >= 15 is 0 Å². The van der Waals surface area contributed by atoms with Gasteiger partial charge >= 0.3 is 0 Å². The van der Waals surface area contributed by atoms with Crippen molar-refractivity contribution >= 4 is 11.9 Å². The molecule has 2 aromatic rings. The third-order valence-corrected chi connectivity index (χ3v) is 4.90. The molecule has 8 nitrogen and oxygen atoms in total. The number of rotatable bonds is 7. The average Bonchev–Trinajstić information content (AvgIpc) is 3.40. The highest BCUT2D eigenvalue weighted by Gasteiger charge is 2.18. The van der Waals surface area contributed by atoms with Crippen LogP contribution in [0.4, 0.5) is 0 Å². The van der Waals surface area contributed by atoms with Gasteiger partial charge in [0.15, 0.2) is 5.96 Å². The van der Waals surface area contributed by atoms with Crippen LogP contribution in [-0.2, 0) is 16.1 Å². The van der Waals surface area contributed by atoms with Gasteiger partial charge in [-0.25, -0.2) is 9.98 Å². The van der Waals surface area contributed by atoms with Crippen molar-refractivity contribution in [3.63, 3.8) is 0 Å². The molecule has 1 aromatic heterocycles. The molecule has 2 N–H and O–H groups in total. The Hall–Kier alpha value is -2.87. The van der Waals surface area contributed by atoms with Gasteiger partial charge in [-0.1, -0.05) is 30.3 Å². The summed E-state index contributed by atoms with van der Waals surface area (Å²) in [4.78, 5) is 27.9. The van der Waals surface area contributed by atoms with Crippen LogP contribution in [0.2, 0.25) is 0 Å². The SMILES string of the molecule is CN(C)C(=O)CN=C(NCC1CCOC1)N(C)Cc1ncc(-c2ccccc2)[nH]1. The number of amides is 1. The monoisotopic (exact) mass is 398 g/mol. The number of guanidine groups is 1. The Morgan fingerprint density at radius 1 is 1.31 bits per heavy atom. The Morgan fingerprint density at radius 3 is 2.79 bits per heavy atom. The first-order valence-electron chi connectivity index (χ1n) is 9.89. The molecule has 1 amide bonds. The van der Waals surface area contributed by atoms with Crippen molar-refractivity contribution in [1.29, 1.82) is 0 Å². The minimum atomic E-state index is -0.0359. The topological polar surface area (TPSA) is 85.8 Å². The van der Waals surface area contributed by atoms with Crippen molar-refractivity contribution in [3.8, 4) is 11.3 Å². The molecule has 29 heavy (non-hydrogen) atoms. The Balaban J connectivity index is 1.66. The highest BCUT2D eigenvalue weighted by atomic mass is 16.5. The van der Waals surface area contributed by atoms with Crippen molar-refractivity contribution in [2.45, 2.75) is 13.0 Å². The van der Waals surface area contributed by atoms with Crippen molar-refractivity contribution in [1.82, 2.24) is 25.1 Å². The minimum absolute atomic E-state index is 0.0359. The predicted octanol–water partition coefficient (Wildman–Crippen LogP) is 1.58. The van der Waals surface area contributed by atoms with Gasteiger partial charge < -0.3 is 24.8 Å². The Morgan fingerprint density at radius 2 is 2.10 bits per heavy atom. The van der Waals surface area contributed by atoms with Crippen molar-refractivity contribution in [3.05, 3.63) is 42.4 Å². The molecule has 0 saturated carbocycles. The molecule has 0 aliphatic carbocycles. The third-order valence-electron chi connectivity index (χ3n) is 4.90. The fourth-order valence-electron chi connectivity index (χ4n) is 3.08. The Bertz CT molecular complexity index is 812. The van der Waals surface area contributed by atoms with E-state index in [4.69, 9.17) is 4.74 Å². The number of hydrogen-bond donors (Lipinski definition) is 2. The number of nitrogens with zero attached hydrogens (tertiary/aromatic N) is 4. The molecule has 1 fully saturated rings. The summed E-state index contributed by atoms with van der Waals surface area (Å²) >= 11 is 0. The van der Waals surface area contributed by atoms with Gasteiger partial charge in [0.1, 0.15) is 12.4 Å². The standard InChI is InChI=1S/C21H30N6O2/c1-26(2)20(28)13-24-21(23-11-16-9-10-29-15-16)27(3)14-19-22-12-18(25-19)17-7-5-4-6-8-17/h4-8,12,16H,9-11,13-15H2,1-3H3,(H,22,25)(H,23,24). The lowest BCUT2D eigenvalue weighted by Gasteiger charge is -2.23. The molecule has 0 bridgehead atoms. The van der Waals surface area contributed by atoms with E-state index in [0.29, 0.717) is 18.4 Å². The van der Waals surface area contributed by atoms with Crippen LogP contribution in [0.15, 0.2) is 41.5 Å². The summed E-state index contributed by atoms with van der Waals surface area (Å²) in [6.07, 6.45) is 2.88. The number of imidazole rings is 1. The number of carbonyl (C=O) groups is 1. The highest BCUT2D eigenvalue weighted by molar-refractivity contribution is 5.84. The van der Waals surface area contributed by atoms with Crippen LogP contribution in [-0.4, -0.2) is 79.1 Å². The zero-order valence-electron chi connectivity index (χ0n) is 17.4. The average molecular weight is 399 g/mol. The zero-order valence-corrected chi connectivity index (χ0v) is 17.4. The molecule has 0 spiro atoms. The van der Waals surface area contributed by atoms with Crippen LogP contribution in [0.1, 0.15) is 12.2 Å². The molecule has 8 heteroatoms. The highest BCUT2D eigenvalue weighted by Crippen LogP contribution is 2.16. The van der Waals surface area contributed by atoms with Gasteiger partial charge in [0.05, 0.1) is 25.0 Å². The molecular weight excluding hydrogens is 368 g/mol. The number of benzene rings is 1. The molecule has 1 saturated heterocycles. The third kappa shape index (κ3) is 6.05. The molecule has 0 radical (unpaired) electrons. The van der Waals surface area contributed by atoms with Crippen molar-refractivity contribution < 1.29 is 9.53 Å². The number of aliphatic imine (C=N–C) groups is 1. The lowest BCUT2D eigenvalue weighted by atomic mass is 10.1. The minimum Gasteiger partial charge on any atom is -0.381 e. The summed E-state index contributed by atoms with van der Waals surface area (Å²) in [5.74, 6) is 1.95. The number of aromatic nitrogens is 2. The van der Waals surface area contributed by atoms with Gasteiger partial charge in [-0.3, -0.25) is 4.79 Å². The molecule has 1 aromatic carbocycles. The first-order valence-corrected chi connectivity index (χ1v) is 9.89. The molecule has 1 aliphatic heterocycles. The van der Waals surface area contributed by atoms with Gasteiger partial charge in [-0.05, 0) is 12.0 Å². The molecular formula is C21H30N6O2. The number of ether oxygens (including phenoxy) is 1. The van der Waals surface area contributed by atoms with E-state index in [9.17, 15) is 4.79 Å². The quantitative estimate of drug-likeness (QED) is 0.546. The first-order chi connectivity index (χ1) is 14.0. The van der Waals surface area contributed by atoms with Crippen molar-refractivity contribution in [2.24, 2.45) is 10.9 Å². The second-order valence-electron chi connectivity index (χ2n) is 7.50. The second kappa shape index (κ2) is 10.1. The van der Waals surface area contributed by atoms with Gasteiger partial charge in [-0.15, -0.1) is 0 Å². The summed E-state index contributed by atoms with van der Waals surface area (Å²) in [6, 6.07) is 10.1. The first kappa shape index (κ1) is 20.9. The predicted molar refractivity (Wildman–Crippen MR) is 113 cm³/mol. The number of likely N-dealkylation sites (N-methyl/N-ethyl adjacent to an activating group) is 1. The summed E-state index contributed by atoms with van der Waals surface area (Å²) in [7, 11) is 5.42. The van der Waals surface area contributed by atoms with E-state index in [1.165, 1.54) is 0 Å². The second-order valence-corrected chi connectivity index (χ2v) is 7.50. The van der Waals surface area contributed by atoms with Gasteiger partial charge in [0.25, 0.3) is 0 Å². The summed E-state index contributed by atoms with van der Waals surface area (Å²) in [5.41, 5.74) is 2.07. The zero-order chi connectivity index (χ0) is 20.6. The van der Waals surface area contributed by atoms with Crippen LogP contribution in [0.3, 0.4) is 0 Å². The van der Waals surface area contributed by atoms with E-state index in [0.717, 1.165) is 43.3 Å². The van der Waals surface area contributed by atoms with E-state index in [1.54, 1.807) is 19.0 Å². The number of aromatic amines is 1. The lowest BCUT2D eigenvalue weighted by Crippen LogP contribution is -2.42. The fourth-order valence-corrected chi connectivity index (χ4v) is 3.08. The summed E-state index contributed by atoms with van der Waals surface area (Å²) in [6.45, 7) is 3.00. The summed E-state index contributed by atoms with van der Waals surface area (Å²) in [5, 5.41) is 3.40. The normalized spacial score (nSPS) is 16.7. The molecule has 1 unspecified atom stereocenters. The fraction of sp³-hybridized carbons (Fsp3) is 0.476. The maximum absolute atomic E-state index is 12.0. The van der Waals surface area contributed by atoms with E-state index in [2.05, 4.69) is 20.3 Å². The maximum Gasteiger partial charge on any atom is 0.243 e. The van der Waals surface area contributed by atoms with E-state index in [-0.39, 0.29) is 12.5 Å². The number of carbonyl (C=O) groups excluding carboxylic acids is 1. The largest absolute Gasteiger partial charge is 0.381 e. The van der Waals surface area contributed by atoms with Gasteiger partial charge in [-0.2, -0.15) is 0 Å². The lowest BCUT2D eigenvalue weighted by molar-refractivity contribution is -0.127. The van der Waals surface area contributed by atoms with Crippen LogP contribution in [0, 0.1) is 5.92 Å². The Labute approximate surface area is 172 Å². The Kier molecular flexibility index (Phi) is 7.24. The van der Waals surface area contributed by atoms with Gasteiger partial charge in [0, 0.05) is 40.2 Å².